The van der Waals surface area contributed by atoms with Gasteiger partial charge in [-0.25, -0.2) is 0 Å². The molecule has 0 spiro atoms. The Hall–Kier alpha value is -1.56. The van der Waals surface area contributed by atoms with Crippen molar-refractivity contribution in [2.75, 3.05) is 33.2 Å². The molecule has 2 rings (SSSR count). The van der Waals surface area contributed by atoms with E-state index in [1.807, 2.05) is 18.8 Å². The second-order valence-electron chi connectivity index (χ2n) is 8.64. The number of aromatic nitrogens is 2. The Labute approximate surface area is 165 Å². The van der Waals surface area contributed by atoms with E-state index in [-0.39, 0.29) is 0 Å². The number of nitrogens with one attached hydrogen (secondary N) is 2. The molecule has 0 amide bonds. The summed E-state index contributed by atoms with van der Waals surface area (Å²) in [5, 5.41) is 11.6. The largest absolute Gasteiger partial charge is 0.356 e. The molecular formula is C21H40N6. The second kappa shape index (κ2) is 10.1. The lowest BCUT2D eigenvalue weighted by atomic mass is 9.97. The first-order valence-corrected chi connectivity index (χ1v) is 10.5. The van der Waals surface area contributed by atoms with Crippen molar-refractivity contribution >= 4 is 5.96 Å². The number of guanidine groups is 1. The van der Waals surface area contributed by atoms with E-state index in [4.69, 9.17) is 0 Å². The third-order valence-corrected chi connectivity index (χ3v) is 5.56. The lowest BCUT2D eigenvalue weighted by molar-refractivity contribution is 0.159. The van der Waals surface area contributed by atoms with E-state index in [1.165, 1.54) is 43.7 Å². The van der Waals surface area contributed by atoms with Crippen molar-refractivity contribution in [1.29, 1.82) is 0 Å². The molecule has 6 heteroatoms. The predicted molar refractivity (Wildman–Crippen MR) is 114 cm³/mol. The molecule has 1 aromatic rings. The van der Waals surface area contributed by atoms with Crippen molar-refractivity contribution in [3.63, 3.8) is 0 Å². The molecule has 0 radical (unpaired) electrons. The number of piperidine rings is 1. The number of hydrogen-bond acceptors (Lipinski definition) is 3. The van der Waals surface area contributed by atoms with Crippen molar-refractivity contribution in [1.82, 2.24) is 25.3 Å². The van der Waals surface area contributed by atoms with Gasteiger partial charge in [0.05, 0.1) is 5.69 Å². The van der Waals surface area contributed by atoms with Crippen LogP contribution in [0.4, 0.5) is 0 Å². The van der Waals surface area contributed by atoms with Gasteiger partial charge in [0.1, 0.15) is 0 Å². The summed E-state index contributed by atoms with van der Waals surface area (Å²) < 4.78 is 1.97. The summed E-state index contributed by atoms with van der Waals surface area (Å²) in [4.78, 5) is 7.05. The molecule has 2 heterocycles. The fraction of sp³-hybridized carbons (Fsp3) is 0.810. The van der Waals surface area contributed by atoms with Crippen LogP contribution in [0.15, 0.2) is 4.99 Å². The lowest BCUT2D eigenvalue weighted by Gasteiger charge is -2.34. The zero-order chi connectivity index (χ0) is 20.0. The molecule has 0 bridgehead atoms. The molecule has 1 saturated heterocycles. The average Bonchev–Trinajstić information content (AvgIpc) is 2.84. The van der Waals surface area contributed by atoms with Crippen molar-refractivity contribution in [2.24, 2.45) is 23.9 Å². The van der Waals surface area contributed by atoms with Gasteiger partial charge in [0.2, 0.25) is 0 Å². The molecule has 154 valence electrons. The maximum Gasteiger partial charge on any atom is 0.191 e. The molecule has 0 aliphatic carbocycles. The molecule has 0 saturated carbocycles. The quantitative estimate of drug-likeness (QED) is 0.567. The smallest absolute Gasteiger partial charge is 0.191 e. The first-order chi connectivity index (χ1) is 12.8. The third-order valence-electron chi connectivity index (χ3n) is 5.56. The van der Waals surface area contributed by atoms with Crippen LogP contribution in [0.2, 0.25) is 0 Å². The van der Waals surface area contributed by atoms with Gasteiger partial charge in [-0.05, 0) is 64.0 Å². The summed E-state index contributed by atoms with van der Waals surface area (Å²) in [6, 6.07) is 0.307. The molecule has 1 aliphatic rings. The van der Waals surface area contributed by atoms with Crippen LogP contribution in [-0.4, -0.2) is 59.9 Å². The summed E-state index contributed by atoms with van der Waals surface area (Å²) in [6.45, 7) is 15.7. The van der Waals surface area contributed by atoms with Gasteiger partial charge in [-0.1, -0.05) is 13.8 Å². The van der Waals surface area contributed by atoms with Gasteiger partial charge in [-0.15, -0.1) is 0 Å². The topological polar surface area (TPSA) is 57.5 Å². The van der Waals surface area contributed by atoms with Crippen LogP contribution < -0.4 is 10.6 Å². The van der Waals surface area contributed by atoms with Gasteiger partial charge in [0.25, 0.3) is 0 Å². The van der Waals surface area contributed by atoms with Gasteiger partial charge < -0.3 is 15.5 Å². The highest BCUT2D eigenvalue weighted by atomic mass is 15.3. The van der Waals surface area contributed by atoms with Crippen LogP contribution in [0.5, 0.6) is 0 Å². The molecule has 1 aromatic heterocycles. The molecule has 1 fully saturated rings. The van der Waals surface area contributed by atoms with Crippen LogP contribution >= 0.6 is 0 Å². The molecular weight excluding hydrogens is 336 g/mol. The number of aliphatic imine (C=N–C) groups is 1. The van der Waals surface area contributed by atoms with Crippen molar-refractivity contribution in [3.05, 3.63) is 17.0 Å². The van der Waals surface area contributed by atoms with E-state index in [0.717, 1.165) is 30.5 Å². The maximum atomic E-state index is 4.53. The minimum atomic E-state index is 0.307. The Balaban J connectivity index is 1.81. The summed E-state index contributed by atoms with van der Waals surface area (Å²) in [6.07, 6.45) is 3.57. The number of likely N-dealkylation sites (tertiary alicyclic amines) is 1. The van der Waals surface area contributed by atoms with Crippen LogP contribution in [0.25, 0.3) is 0 Å². The SMILES string of the molecule is CN=C(NCC1CCCN(CC(C)C)C1)NC(C)Cc1c(C)nn(C)c1C. The Morgan fingerprint density at radius 1 is 1.30 bits per heavy atom. The van der Waals surface area contributed by atoms with E-state index in [2.05, 4.69) is 60.2 Å². The minimum absolute atomic E-state index is 0.307. The molecule has 2 N–H and O–H groups in total. The van der Waals surface area contributed by atoms with E-state index >= 15 is 0 Å². The van der Waals surface area contributed by atoms with Gasteiger partial charge in [-0.2, -0.15) is 5.10 Å². The monoisotopic (exact) mass is 376 g/mol. The van der Waals surface area contributed by atoms with E-state index < -0.39 is 0 Å². The zero-order valence-electron chi connectivity index (χ0n) is 18.5. The van der Waals surface area contributed by atoms with Crippen molar-refractivity contribution < 1.29 is 0 Å². The number of hydrogen-bond donors (Lipinski definition) is 2. The van der Waals surface area contributed by atoms with Crippen LogP contribution in [-0.2, 0) is 13.5 Å². The summed E-state index contributed by atoms with van der Waals surface area (Å²) in [7, 11) is 3.87. The second-order valence-corrected chi connectivity index (χ2v) is 8.64. The van der Waals surface area contributed by atoms with Crippen LogP contribution in [0, 0.1) is 25.7 Å². The number of nitrogens with zero attached hydrogens (tertiary/aromatic N) is 4. The normalized spacial score (nSPS) is 20.1. The molecule has 27 heavy (non-hydrogen) atoms. The van der Waals surface area contributed by atoms with Crippen molar-refractivity contribution in [2.45, 2.75) is 59.9 Å². The molecule has 1 aliphatic heterocycles. The molecule has 0 aromatic carbocycles. The van der Waals surface area contributed by atoms with Crippen LogP contribution in [0.3, 0.4) is 0 Å². The minimum Gasteiger partial charge on any atom is -0.356 e. The van der Waals surface area contributed by atoms with Crippen molar-refractivity contribution in [3.8, 4) is 0 Å². The third kappa shape index (κ3) is 6.52. The maximum absolute atomic E-state index is 4.53. The fourth-order valence-corrected chi connectivity index (χ4v) is 4.14. The van der Waals surface area contributed by atoms with Gasteiger partial charge in [0, 0.05) is 45.5 Å². The first-order valence-electron chi connectivity index (χ1n) is 10.5. The molecule has 6 nitrogen and oxygen atoms in total. The Bertz CT molecular complexity index is 618. The standard InChI is InChI=1S/C21H40N6/c1-15(2)13-27-10-8-9-19(14-27)12-23-21(22-6)24-16(3)11-20-17(4)25-26(7)18(20)5/h15-16,19H,8-14H2,1-7H3,(H2,22,23,24). The molecule has 2 atom stereocenters. The molecule has 2 unspecified atom stereocenters. The van der Waals surface area contributed by atoms with E-state index in [9.17, 15) is 0 Å². The number of aryl methyl sites for hydroxylation is 2. The highest BCUT2D eigenvalue weighted by Crippen LogP contribution is 2.17. The summed E-state index contributed by atoms with van der Waals surface area (Å²) in [5.41, 5.74) is 3.71. The van der Waals surface area contributed by atoms with Gasteiger partial charge in [0.15, 0.2) is 5.96 Å². The first kappa shape index (κ1) is 21.7. The van der Waals surface area contributed by atoms with E-state index in [1.54, 1.807) is 0 Å². The number of rotatable bonds is 7. The zero-order valence-corrected chi connectivity index (χ0v) is 18.5. The van der Waals surface area contributed by atoms with E-state index in [0.29, 0.717) is 12.0 Å². The fourth-order valence-electron chi connectivity index (χ4n) is 4.14. The summed E-state index contributed by atoms with van der Waals surface area (Å²) >= 11 is 0. The highest BCUT2D eigenvalue weighted by Gasteiger charge is 2.21. The van der Waals surface area contributed by atoms with Gasteiger partial charge in [-0.3, -0.25) is 9.67 Å². The summed E-state index contributed by atoms with van der Waals surface area (Å²) in [5.74, 6) is 2.35. The lowest BCUT2D eigenvalue weighted by Crippen LogP contribution is -2.47. The highest BCUT2D eigenvalue weighted by molar-refractivity contribution is 5.79. The van der Waals surface area contributed by atoms with Gasteiger partial charge >= 0.3 is 0 Å². The Morgan fingerprint density at radius 2 is 2.04 bits per heavy atom. The Kier molecular flexibility index (Phi) is 8.14. The predicted octanol–water partition coefficient (Wildman–Crippen LogP) is 2.50. The van der Waals surface area contributed by atoms with Crippen LogP contribution in [0.1, 0.15) is 50.6 Å². The Morgan fingerprint density at radius 3 is 2.63 bits per heavy atom. The average molecular weight is 377 g/mol.